The summed E-state index contributed by atoms with van der Waals surface area (Å²) in [6.07, 6.45) is 1.95. The number of carbonyl (C=O) groups is 1. The summed E-state index contributed by atoms with van der Waals surface area (Å²) in [4.78, 5) is 11.2. The Balaban J connectivity index is 2.70. The molecular weight excluding hydrogens is 318 g/mol. The molecule has 2 aromatic rings. The molecule has 0 N–H and O–H groups in total. The first-order valence-electron chi connectivity index (χ1n) is 5.11. The molecule has 0 radical (unpaired) electrons. The second-order valence-electron chi connectivity index (χ2n) is 3.74. The van der Waals surface area contributed by atoms with Crippen molar-refractivity contribution in [3.05, 3.63) is 52.3 Å². The van der Waals surface area contributed by atoms with Crippen LogP contribution in [0.25, 0.3) is 0 Å². The highest BCUT2D eigenvalue weighted by Gasteiger charge is 2.22. The second-order valence-corrected chi connectivity index (χ2v) is 6.35. The molecule has 0 fully saturated rings. The molecule has 4 nitrogen and oxygen atoms in total. The van der Waals surface area contributed by atoms with Crippen molar-refractivity contribution < 1.29 is 13.2 Å². The van der Waals surface area contributed by atoms with E-state index in [4.69, 9.17) is 0 Å². The number of hydrogen-bond donors (Lipinski definition) is 0. The topological polar surface area (TPSA) is 56.1 Å². The van der Waals surface area contributed by atoms with Crippen LogP contribution in [-0.4, -0.2) is 18.7 Å². The minimum atomic E-state index is -3.73. The van der Waals surface area contributed by atoms with E-state index in [2.05, 4.69) is 15.9 Å². The average Bonchev–Trinajstić information content (AvgIpc) is 2.67. The number of rotatable bonds is 3. The van der Waals surface area contributed by atoms with Crippen LogP contribution >= 0.6 is 15.9 Å². The van der Waals surface area contributed by atoms with Gasteiger partial charge in [-0.2, -0.15) is 0 Å². The molecule has 1 aromatic heterocycles. The van der Waals surface area contributed by atoms with Gasteiger partial charge in [-0.25, -0.2) is 12.4 Å². The lowest BCUT2D eigenvalue weighted by Gasteiger charge is -2.07. The minimum absolute atomic E-state index is 0.0938. The van der Waals surface area contributed by atoms with E-state index >= 15 is 0 Å². The molecule has 0 unspecified atom stereocenters. The molecule has 1 heterocycles. The summed E-state index contributed by atoms with van der Waals surface area (Å²) < 4.78 is 26.2. The van der Waals surface area contributed by atoms with Gasteiger partial charge in [-0.1, -0.05) is 18.2 Å². The monoisotopic (exact) mass is 327 g/mol. The maximum atomic E-state index is 12.4. The number of halogens is 1. The van der Waals surface area contributed by atoms with Crippen molar-refractivity contribution in [1.82, 2.24) is 3.97 Å². The third-order valence-corrected chi connectivity index (χ3v) is 5.25. The molecule has 0 spiro atoms. The lowest BCUT2D eigenvalue weighted by atomic mass is 10.3. The van der Waals surface area contributed by atoms with Crippen molar-refractivity contribution >= 4 is 32.2 Å². The first-order valence-corrected chi connectivity index (χ1v) is 7.35. The normalized spacial score (nSPS) is 11.4. The van der Waals surface area contributed by atoms with Crippen LogP contribution in [0, 0.1) is 6.92 Å². The Labute approximate surface area is 113 Å². The van der Waals surface area contributed by atoms with Gasteiger partial charge in [-0.15, -0.1) is 0 Å². The van der Waals surface area contributed by atoms with Gasteiger partial charge in [-0.3, -0.25) is 4.79 Å². The summed E-state index contributed by atoms with van der Waals surface area (Å²) in [5.74, 6) is 0. The van der Waals surface area contributed by atoms with Gasteiger partial charge in [0, 0.05) is 6.20 Å². The van der Waals surface area contributed by atoms with E-state index in [1.165, 1.54) is 18.3 Å². The summed E-state index contributed by atoms with van der Waals surface area (Å²) in [6.45, 7) is 1.73. The first-order chi connectivity index (χ1) is 8.48. The highest BCUT2D eigenvalue weighted by atomic mass is 79.9. The minimum Gasteiger partial charge on any atom is -0.296 e. The fraction of sp³-hybridized carbons (Fsp3) is 0.0833. The molecule has 18 heavy (non-hydrogen) atoms. The van der Waals surface area contributed by atoms with Gasteiger partial charge >= 0.3 is 0 Å². The smallest absolute Gasteiger partial charge is 0.268 e. The van der Waals surface area contributed by atoms with E-state index in [-0.39, 0.29) is 10.6 Å². The molecular formula is C12H10BrNO3S. The Bertz CT molecular complexity index is 690. The number of aryl methyl sites for hydroxylation is 1. The highest BCUT2D eigenvalue weighted by Crippen LogP contribution is 2.25. The van der Waals surface area contributed by atoms with Gasteiger partial charge in [0.15, 0.2) is 6.29 Å². The summed E-state index contributed by atoms with van der Waals surface area (Å²) in [5.41, 5.74) is 0.785. The van der Waals surface area contributed by atoms with Crippen LogP contribution in [0.15, 0.2) is 45.9 Å². The van der Waals surface area contributed by atoms with Crippen LogP contribution in [-0.2, 0) is 10.0 Å². The molecule has 0 aliphatic rings. The van der Waals surface area contributed by atoms with E-state index in [0.29, 0.717) is 16.3 Å². The van der Waals surface area contributed by atoms with Gasteiger partial charge in [-0.05, 0) is 40.5 Å². The fourth-order valence-electron chi connectivity index (χ4n) is 1.61. The van der Waals surface area contributed by atoms with Gasteiger partial charge in [0.2, 0.25) is 0 Å². The Morgan fingerprint density at radius 2 is 1.83 bits per heavy atom. The van der Waals surface area contributed by atoms with Gasteiger partial charge in [0.1, 0.15) is 5.69 Å². The van der Waals surface area contributed by atoms with Crippen molar-refractivity contribution in [3.8, 4) is 0 Å². The number of hydrogen-bond acceptors (Lipinski definition) is 3. The van der Waals surface area contributed by atoms with Crippen molar-refractivity contribution in [3.63, 3.8) is 0 Å². The third-order valence-electron chi connectivity index (χ3n) is 2.53. The highest BCUT2D eigenvalue weighted by molar-refractivity contribution is 9.10. The van der Waals surface area contributed by atoms with Crippen LogP contribution in [0.1, 0.15) is 16.1 Å². The van der Waals surface area contributed by atoms with Crippen molar-refractivity contribution in [2.45, 2.75) is 11.8 Å². The van der Waals surface area contributed by atoms with E-state index in [1.807, 2.05) is 0 Å². The van der Waals surface area contributed by atoms with Crippen LogP contribution in [0.4, 0.5) is 0 Å². The molecule has 0 aliphatic heterocycles. The summed E-state index contributed by atoms with van der Waals surface area (Å²) in [5, 5.41) is 0. The molecule has 0 saturated carbocycles. The van der Waals surface area contributed by atoms with E-state index in [9.17, 15) is 13.2 Å². The summed E-state index contributed by atoms with van der Waals surface area (Å²) >= 11 is 3.21. The summed E-state index contributed by atoms with van der Waals surface area (Å²) in [7, 11) is -3.73. The zero-order valence-corrected chi connectivity index (χ0v) is 11.9. The maximum absolute atomic E-state index is 12.4. The molecule has 0 saturated heterocycles. The average molecular weight is 328 g/mol. The molecule has 0 aliphatic carbocycles. The zero-order valence-electron chi connectivity index (χ0n) is 9.50. The predicted octanol–water partition coefficient (Wildman–Crippen LogP) is 2.61. The largest absolute Gasteiger partial charge is 0.296 e. The number of aromatic nitrogens is 1. The fourth-order valence-corrected chi connectivity index (χ4v) is 3.53. The lowest BCUT2D eigenvalue weighted by molar-refractivity contribution is 0.111. The maximum Gasteiger partial charge on any atom is 0.268 e. The van der Waals surface area contributed by atoms with Crippen molar-refractivity contribution in [2.24, 2.45) is 0 Å². The Morgan fingerprint density at radius 1 is 1.22 bits per heavy atom. The van der Waals surface area contributed by atoms with Crippen molar-refractivity contribution in [1.29, 1.82) is 0 Å². The van der Waals surface area contributed by atoms with E-state index in [1.54, 1.807) is 25.1 Å². The standard InChI is InChI=1S/C12H10BrNO3S/c1-9-7-14(11(8-15)12(9)13)18(16,17)10-5-3-2-4-6-10/h2-8H,1H3. The number of carbonyl (C=O) groups excluding carboxylic acids is 1. The molecule has 94 valence electrons. The summed E-state index contributed by atoms with van der Waals surface area (Å²) in [6, 6.07) is 7.99. The number of nitrogens with zero attached hydrogens (tertiary/aromatic N) is 1. The van der Waals surface area contributed by atoms with Crippen LogP contribution in [0.3, 0.4) is 0 Å². The van der Waals surface area contributed by atoms with E-state index < -0.39 is 10.0 Å². The zero-order chi connectivity index (χ0) is 13.3. The predicted molar refractivity (Wildman–Crippen MR) is 71.3 cm³/mol. The molecule has 0 atom stereocenters. The Kier molecular flexibility index (Phi) is 3.41. The second kappa shape index (κ2) is 4.70. The Morgan fingerprint density at radius 3 is 2.39 bits per heavy atom. The van der Waals surface area contributed by atoms with E-state index in [0.717, 1.165) is 3.97 Å². The molecule has 2 rings (SSSR count). The van der Waals surface area contributed by atoms with Gasteiger partial charge in [0.25, 0.3) is 10.0 Å². The molecule has 0 bridgehead atoms. The van der Waals surface area contributed by atoms with Crippen LogP contribution < -0.4 is 0 Å². The third kappa shape index (κ3) is 2.02. The Hall–Kier alpha value is -1.40. The van der Waals surface area contributed by atoms with Gasteiger partial charge in [0.05, 0.1) is 9.37 Å². The first kappa shape index (κ1) is 13.0. The number of aldehydes is 1. The molecule has 0 amide bonds. The molecule has 1 aromatic carbocycles. The lowest BCUT2D eigenvalue weighted by Crippen LogP contribution is -2.14. The van der Waals surface area contributed by atoms with Gasteiger partial charge < -0.3 is 0 Å². The van der Waals surface area contributed by atoms with Crippen LogP contribution in [0.2, 0.25) is 0 Å². The van der Waals surface area contributed by atoms with Crippen LogP contribution in [0.5, 0.6) is 0 Å². The quantitative estimate of drug-likeness (QED) is 0.814. The molecule has 6 heteroatoms. The van der Waals surface area contributed by atoms with Crippen molar-refractivity contribution in [2.75, 3.05) is 0 Å². The number of benzene rings is 1. The SMILES string of the molecule is Cc1cn(S(=O)(=O)c2ccccc2)c(C=O)c1Br.